The summed E-state index contributed by atoms with van der Waals surface area (Å²) in [7, 11) is -3.72. The van der Waals surface area contributed by atoms with Crippen molar-refractivity contribution >= 4 is 28.0 Å². The average molecular weight is 489 g/mol. The van der Waals surface area contributed by atoms with Crippen molar-refractivity contribution in [3.63, 3.8) is 0 Å². The van der Waals surface area contributed by atoms with E-state index in [9.17, 15) is 4.79 Å². The molecule has 0 aromatic heterocycles. The zero-order valence-corrected chi connectivity index (χ0v) is 24.4. The third-order valence-corrected chi connectivity index (χ3v) is 17.2. The Balaban J connectivity index is 1.68. The van der Waals surface area contributed by atoms with Crippen LogP contribution in [0.5, 0.6) is 5.75 Å². The van der Waals surface area contributed by atoms with Crippen LogP contribution in [0.15, 0.2) is 30.5 Å². The first-order valence-corrected chi connectivity index (χ1v) is 18.2. The van der Waals surface area contributed by atoms with Crippen molar-refractivity contribution in [3.8, 4) is 5.75 Å². The summed E-state index contributed by atoms with van der Waals surface area (Å²) in [5.74, 6) is 0.999. The predicted octanol–water partition coefficient (Wildman–Crippen LogP) is 7.57. The van der Waals surface area contributed by atoms with E-state index in [2.05, 4.69) is 67.7 Å². The Morgan fingerprint density at radius 1 is 0.879 bits per heavy atom. The summed E-state index contributed by atoms with van der Waals surface area (Å²) in [5.41, 5.74) is 1.58. The number of allylic oxidation sites excluding steroid dienone is 1. The van der Waals surface area contributed by atoms with Gasteiger partial charge < -0.3 is 13.6 Å². The smallest absolute Gasteiger partial charge is 0.250 e. The van der Waals surface area contributed by atoms with Crippen LogP contribution in [0.2, 0.25) is 36.3 Å². The molecule has 4 nitrogen and oxygen atoms in total. The van der Waals surface area contributed by atoms with Crippen molar-refractivity contribution in [3.05, 3.63) is 36.1 Å². The Labute approximate surface area is 203 Å². The summed E-state index contributed by atoms with van der Waals surface area (Å²) in [6.07, 6.45) is 4.34. The minimum absolute atomic E-state index is 0.0765. The zero-order chi connectivity index (χ0) is 24.8. The van der Waals surface area contributed by atoms with E-state index in [4.69, 9.17) is 13.6 Å². The summed E-state index contributed by atoms with van der Waals surface area (Å²) in [6, 6.07) is 7.95. The van der Waals surface area contributed by atoms with Gasteiger partial charge in [0.25, 0.3) is 0 Å². The van der Waals surface area contributed by atoms with Crippen LogP contribution in [0, 0.1) is 5.92 Å². The minimum atomic E-state index is -1.89. The summed E-state index contributed by atoms with van der Waals surface area (Å²) in [4.78, 5) is 13.4. The van der Waals surface area contributed by atoms with Gasteiger partial charge in [0, 0.05) is 12.5 Å². The van der Waals surface area contributed by atoms with Crippen LogP contribution in [0.25, 0.3) is 5.57 Å². The van der Waals surface area contributed by atoms with Gasteiger partial charge in [0.15, 0.2) is 14.1 Å². The fraction of sp³-hybridized carbons (Fsp3) is 0.667. The second-order valence-corrected chi connectivity index (χ2v) is 22.4. The molecule has 33 heavy (non-hydrogen) atoms. The zero-order valence-electron chi connectivity index (χ0n) is 22.4. The predicted molar refractivity (Wildman–Crippen MR) is 142 cm³/mol. The summed E-state index contributed by atoms with van der Waals surface area (Å²) in [6.45, 7) is 22.6. The first-order chi connectivity index (χ1) is 15.0. The lowest BCUT2D eigenvalue weighted by Crippen LogP contribution is -2.48. The Bertz CT molecular complexity index is 888. The summed E-state index contributed by atoms with van der Waals surface area (Å²) in [5, 5.41) is 0.324. The van der Waals surface area contributed by atoms with Crippen LogP contribution in [0.3, 0.4) is 0 Å². The molecule has 3 rings (SSSR count). The molecular formula is C27H44O4Si2. The summed E-state index contributed by atoms with van der Waals surface area (Å²) < 4.78 is 19.2. The van der Waals surface area contributed by atoms with E-state index in [1.54, 1.807) is 6.26 Å². The van der Waals surface area contributed by atoms with Gasteiger partial charge in [0.05, 0.1) is 17.8 Å². The van der Waals surface area contributed by atoms with Crippen molar-refractivity contribution in [2.24, 2.45) is 5.92 Å². The number of ether oxygens (including phenoxy) is 1. The second-order valence-electron chi connectivity index (χ2n) is 12.9. The fourth-order valence-electron chi connectivity index (χ4n) is 4.02. The number of benzene rings is 1. The summed E-state index contributed by atoms with van der Waals surface area (Å²) >= 11 is 0. The van der Waals surface area contributed by atoms with Crippen molar-refractivity contribution < 1.29 is 18.4 Å². The van der Waals surface area contributed by atoms with Crippen LogP contribution in [-0.2, 0) is 14.0 Å². The molecule has 1 aliphatic heterocycles. The fourth-order valence-corrected chi connectivity index (χ4v) is 6.45. The van der Waals surface area contributed by atoms with E-state index in [0.29, 0.717) is 5.57 Å². The molecule has 0 spiro atoms. The maximum Gasteiger partial charge on any atom is 0.250 e. The van der Waals surface area contributed by atoms with Crippen molar-refractivity contribution in [1.82, 2.24) is 0 Å². The highest BCUT2D eigenvalue weighted by Gasteiger charge is 2.45. The van der Waals surface area contributed by atoms with Gasteiger partial charge in [-0.1, -0.05) is 53.7 Å². The number of ketones is 1. The molecule has 1 saturated carbocycles. The first kappa shape index (κ1) is 26.2. The van der Waals surface area contributed by atoms with Crippen LogP contribution in [-0.4, -0.2) is 34.6 Å². The lowest BCUT2D eigenvalue weighted by molar-refractivity contribution is -0.126. The molecule has 0 bridgehead atoms. The number of Topliss-reactive ketones (excluding diaryl/α,β-unsaturated/α-hetero) is 1. The van der Waals surface area contributed by atoms with Crippen LogP contribution in [0.1, 0.15) is 66.4 Å². The Morgan fingerprint density at radius 2 is 1.45 bits per heavy atom. The van der Waals surface area contributed by atoms with Crippen molar-refractivity contribution in [2.45, 2.75) is 109 Å². The van der Waals surface area contributed by atoms with Gasteiger partial charge in [0.2, 0.25) is 8.32 Å². The molecule has 0 saturated heterocycles. The molecule has 0 amide bonds. The van der Waals surface area contributed by atoms with Crippen molar-refractivity contribution in [1.29, 1.82) is 0 Å². The Kier molecular flexibility index (Phi) is 7.16. The minimum Gasteiger partial charge on any atom is -0.544 e. The van der Waals surface area contributed by atoms with Crippen LogP contribution < -0.4 is 4.43 Å². The molecule has 0 N–H and O–H groups in total. The third-order valence-electron chi connectivity index (χ3n) is 8.32. The van der Waals surface area contributed by atoms with E-state index >= 15 is 0 Å². The van der Waals surface area contributed by atoms with Gasteiger partial charge in [-0.05, 0) is 66.8 Å². The Morgan fingerprint density at radius 3 is 2.00 bits per heavy atom. The molecule has 1 aromatic carbocycles. The van der Waals surface area contributed by atoms with Gasteiger partial charge in [-0.25, -0.2) is 0 Å². The van der Waals surface area contributed by atoms with Crippen molar-refractivity contribution in [2.75, 3.05) is 0 Å². The van der Waals surface area contributed by atoms with Gasteiger partial charge in [0.1, 0.15) is 11.9 Å². The topological polar surface area (TPSA) is 44.8 Å². The molecule has 0 radical (unpaired) electrons. The standard InChI is InChI=1S/C27H44O4Si2/c1-26(2,3)32(7,8)30-20-13-11-19(12-14-20)23-18-29-24-17-21(15-16-22(24)25(23)28)31-33(9,10)27(4,5)6/h11-14,18,21-22,24H,15-17H2,1-10H3. The van der Waals surface area contributed by atoms with Crippen LogP contribution >= 0.6 is 0 Å². The monoisotopic (exact) mass is 488 g/mol. The molecule has 1 aromatic rings. The van der Waals surface area contributed by atoms with E-state index in [1.807, 2.05) is 24.3 Å². The molecule has 1 heterocycles. The lowest BCUT2D eigenvalue weighted by Gasteiger charge is -2.43. The molecule has 1 fully saturated rings. The van der Waals surface area contributed by atoms with E-state index in [0.717, 1.165) is 30.6 Å². The van der Waals surface area contributed by atoms with Gasteiger partial charge in [-0.3, -0.25) is 4.79 Å². The van der Waals surface area contributed by atoms with E-state index in [1.165, 1.54) is 0 Å². The number of carbonyl (C=O) groups excluding carboxylic acids is 1. The largest absolute Gasteiger partial charge is 0.544 e. The highest BCUT2D eigenvalue weighted by molar-refractivity contribution is 6.75. The molecule has 2 aliphatic rings. The molecule has 184 valence electrons. The average Bonchev–Trinajstić information content (AvgIpc) is 2.67. The van der Waals surface area contributed by atoms with E-state index in [-0.39, 0.29) is 34.0 Å². The second kappa shape index (κ2) is 9.01. The lowest BCUT2D eigenvalue weighted by atomic mass is 9.78. The van der Waals surface area contributed by atoms with Gasteiger partial charge >= 0.3 is 0 Å². The molecule has 3 atom stereocenters. The first-order valence-electron chi connectivity index (χ1n) is 12.4. The van der Waals surface area contributed by atoms with Crippen LogP contribution in [0.4, 0.5) is 0 Å². The number of carbonyl (C=O) groups is 1. The SMILES string of the molecule is CC(C)(C)[Si](C)(C)Oc1ccc(C2=COC3CC(O[Si](C)(C)C(C)(C)C)CCC3C2=O)cc1. The molecule has 3 unspecified atom stereocenters. The van der Waals surface area contributed by atoms with Gasteiger partial charge in [-0.15, -0.1) is 0 Å². The number of hydrogen-bond acceptors (Lipinski definition) is 4. The van der Waals surface area contributed by atoms with Gasteiger partial charge in [-0.2, -0.15) is 0 Å². The molecule has 1 aliphatic carbocycles. The highest BCUT2D eigenvalue weighted by Crippen LogP contribution is 2.42. The Hall–Kier alpha value is -1.38. The molecule has 6 heteroatoms. The van der Waals surface area contributed by atoms with E-state index < -0.39 is 16.6 Å². The normalized spacial score (nSPS) is 24.6. The maximum atomic E-state index is 13.4. The number of rotatable bonds is 5. The molecular weight excluding hydrogens is 444 g/mol. The highest BCUT2D eigenvalue weighted by atomic mass is 28.4. The quantitative estimate of drug-likeness (QED) is 0.401. The maximum absolute atomic E-state index is 13.4. The number of hydrogen-bond donors (Lipinski definition) is 0. The number of fused-ring (bicyclic) bond motifs is 1. The third kappa shape index (κ3) is 5.65.